The largest absolute Gasteiger partial charge is 0.394 e. The van der Waals surface area contributed by atoms with Crippen molar-refractivity contribution < 1.29 is 10.2 Å². The van der Waals surface area contributed by atoms with Crippen molar-refractivity contribution in [1.29, 1.82) is 0 Å². The molecule has 6 heteroatoms. The van der Waals surface area contributed by atoms with Crippen molar-refractivity contribution >= 4 is 0 Å². The second-order valence-corrected chi connectivity index (χ2v) is 5.20. The number of hydrogen-bond acceptors (Lipinski definition) is 5. The third-order valence-corrected chi connectivity index (χ3v) is 3.66. The number of hydrogen-bond donors (Lipinski definition) is 3. The molecular weight excluding hydrogens is 220 g/mol. The summed E-state index contributed by atoms with van der Waals surface area (Å²) in [6, 6.07) is 0.320. The number of aliphatic hydroxyl groups excluding tert-OH is 2. The normalized spacial score (nSPS) is 26.8. The van der Waals surface area contributed by atoms with Gasteiger partial charge in [0, 0.05) is 24.2 Å². The highest BCUT2D eigenvalue weighted by molar-refractivity contribution is 5.03. The van der Waals surface area contributed by atoms with Crippen molar-refractivity contribution in [3.05, 3.63) is 11.9 Å². The van der Waals surface area contributed by atoms with Crippen LogP contribution >= 0.6 is 0 Å². The molecule has 17 heavy (non-hydrogen) atoms. The molecule has 1 aromatic heterocycles. The van der Waals surface area contributed by atoms with Gasteiger partial charge in [-0.1, -0.05) is 19.1 Å². The molecule has 2 atom stereocenters. The minimum atomic E-state index is -0.218. The Labute approximate surface area is 101 Å². The third-order valence-electron chi connectivity index (χ3n) is 3.66. The fourth-order valence-corrected chi connectivity index (χ4v) is 2.11. The molecule has 6 nitrogen and oxygen atoms in total. The lowest BCUT2D eigenvalue weighted by Gasteiger charge is -2.49. The van der Waals surface area contributed by atoms with Crippen molar-refractivity contribution in [1.82, 2.24) is 20.3 Å². The summed E-state index contributed by atoms with van der Waals surface area (Å²) in [6.07, 6.45) is 2.40. The summed E-state index contributed by atoms with van der Waals surface area (Å²) in [5.74, 6) is 0. The van der Waals surface area contributed by atoms with Crippen LogP contribution in [-0.2, 0) is 13.1 Å². The number of aliphatic hydroxyl groups is 2. The number of aromatic nitrogens is 3. The molecule has 1 fully saturated rings. The van der Waals surface area contributed by atoms with Gasteiger partial charge < -0.3 is 15.5 Å². The van der Waals surface area contributed by atoms with Crippen LogP contribution in [0, 0.1) is 5.41 Å². The summed E-state index contributed by atoms with van der Waals surface area (Å²) in [6.45, 7) is 5.30. The number of rotatable bonds is 5. The number of nitrogens with zero attached hydrogens (tertiary/aromatic N) is 3. The first-order chi connectivity index (χ1) is 8.04. The second-order valence-electron chi connectivity index (χ2n) is 5.20. The van der Waals surface area contributed by atoms with Crippen LogP contribution in [0.1, 0.15) is 26.0 Å². The Hall–Kier alpha value is -0.980. The van der Waals surface area contributed by atoms with Gasteiger partial charge in [0.2, 0.25) is 0 Å². The van der Waals surface area contributed by atoms with E-state index < -0.39 is 0 Å². The highest BCUT2D eigenvalue weighted by atomic mass is 16.3. The predicted molar refractivity (Wildman–Crippen MR) is 62.1 cm³/mol. The average Bonchev–Trinajstić information content (AvgIpc) is 2.72. The molecule has 2 unspecified atom stereocenters. The van der Waals surface area contributed by atoms with E-state index >= 15 is 0 Å². The van der Waals surface area contributed by atoms with Gasteiger partial charge in [0.1, 0.15) is 0 Å². The van der Waals surface area contributed by atoms with Gasteiger partial charge in [0.25, 0.3) is 0 Å². The lowest BCUT2D eigenvalue weighted by molar-refractivity contribution is -0.0730. The van der Waals surface area contributed by atoms with E-state index in [2.05, 4.69) is 29.5 Å². The molecule has 96 valence electrons. The van der Waals surface area contributed by atoms with Crippen LogP contribution in [0.5, 0.6) is 0 Å². The van der Waals surface area contributed by atoms with E-state index in [1.54, 1.807) is 4.68 Å². The molecule has 1 heterocycles. The Kier molecular flexibility index (Phi) is 3.46. The molecule has 1 aromatic rings. The summed E-state index contributed by atoms with van der Waals surface area (Å²) >= 11 is 0. The Bertz CT molecular complexity index is 377. The summed E-state index contributed by atoms with van der Waals surface area (Å²) in [4.78, 5) is 0. The summed E-state index contributed by atoms with van der Waals surface area (Å²) in [5, 5.41) is 29.7. The van der Waals surface area contributed by atoms with Gasteiger partial charge in [-0.05, 0) is 6.42 Å². The molecule has 3 N–H and O–H groups in total. The van der Waals surface area contributed by atoms with E-state index in [1.165, 1.54) is 0 Å². The first-order valence-corrected chi connectivity index (χ1v) is 5.95. The van der Waals surface area contributed by atoms with E-state index in [4.69, 9.17) is 5.11 Å². The van der Waals surface area contributed by atoms with Crippen molar-refractivity contribution in [2.24, 2.45) is 5.41 Å². The topological polar surface area (TPSA) is 83.2 Å². The van der Waals surface area contributed by atoms with Crippen LogP contribution in [0.25, 0.3) is 0 Å². The molecule has 0 aliphatic heterocycles. The minimum Gasteiger partial charge on any atom is -0.394 e. The van der Waals surface area contributed by atoms with Gasteiger partial charge in [0.15, 0.2) is 0 Å². The fourth-order valence-electron chi connectivity index (χ4n) is 2.11. The molecule has 2 rings (SSSR count). The highest BCUT2D eigenvalue weighted by Crippen LogP contribution is 2.40. The van der Waals surface area contributed by atoms with E-state index in [9.17, 15) is 5.11 Å². The predicted octanol–water partition coefficient (Wildman–Crippen LogP) is -0.481. The van der Waals surface area contributed by atoms with Crippen LogP contribution in [0.4, 0.5) is 0 Å². The minimum absolute atomic E-state index is 0.0675. The maximum atomic E-state index is 9.62. The molecule has 0 saturated heterocycles. The maximum absolute atomic E-state index is 9.62. The Morgan fingerprint density at radius 2 is 2.35 bits per heavy atom. The molecule has 0 spiro atoms. The Morgan fingerprint density at radius 1 is 1.59 bits per heavy atom. The van der Waals surface area contributed by atoms with E-state index in [0.29, 0.717) is 19.1 Å². The van der Waals surface area contributed by atoms with Crippen molar-refractivity contribution in [2.75, 3.05) is 6.61 Å². The van der Waals surface area contributed by atoms with Crippen LogP contribution in [-0.4, -0.2) is 44.0 Å². The van der Waals surface area contributed by atoms with Crippen LogP contribution in [0.15, 0.2) is 6.20 Å². The monoisotopic (exact) mass is 240 g/mol. The van der Waals surface area contributed by atoms with Crippen LogP contribution in [0.3, 0.4) is 0 Å². The van der Waals surface area contributed by atoms with Crippen LogP contribution in [0.2, 0.25) is 0 Å². The standard InChI is InChI=1S/C11H20N4O2/c1-11(2)9(5-10(11)17)12-6-8-7-15(3-4-16)14-13-8/h7,9-10,12,16-17H,3-6H2,1-2H3. The molecule has 0 bridgehead atoms. The SMILES string of the molecule is CC1(C)C(O)CC1NCc1cn(CCO)nn1. The van der Waals surface area contributed by atoms with Gasteiger partial charge in [0.05, 0.1) is 24.9 Å². The number of nitrogens with one attached hydrogen (secondary N) is 1. The second kappa shape index (κ2) is 4.72. The molecule has 0 radical (unpaired) electrons. The highest BCUT2D eigenvalue weighted by Gasteiger charge is 2.46. The fraction of sp³-hybridized carbons (Fsp3) is 0.818. The molecule has 1 aliphatic carbocycles. The van der Waals surface area contributed by atoms with E-state index in [-0.39, 0.29) is 18.1 Å². The zero-order valence-electron chi connectivity index (χ0n) is 10.3. The van der Waals surface area contributed by atoms with E-state index in [1.807, 2.05) is 6.20 Å². The summed E-state index contributed by atoms with van der Waals surface area (Å²) in [7, 11) is 0. The third kappa shape index (κ3) is 2.48. The maximum Gasteiger partial charge on any atom is 0.0964 e. The van der Waals surface area contributed by atoms with Crippen molar-refractivity contribution in [3.8, 4) is 0 Å². The molecular formula is C11H20N4O2. The quantitative estimate of drug-likeness (QED) is 0.647. The van der Waals surface area contributed by atoms with Crippen LogP contribution < -0.4 is 5.32 Å². The first kappa shape index (κ1) is 12.5. The zero-order chi connectivity index (χ0) is 12.5. The summed E-state index contributed by atoms with van der Waals surface area (Å²) in [5.41, 5.74) is 0.789. The molecule has 1 aliphatic rings. The van der Waals surface area contributed by atoms with E-state index in [0.717, 1.165) is 12.1 Å². The Balaban J connectivity index is 1.82. The van der Waals surface area contributed by atoms with Gasteiger partial charge in [-0.3, -0.25) is 0 Å². The van der Waals surface area contributed by atoms with Gasteiger partial charge in [-0.15, -0.1) is 5.10 Å². The summed E-state index contributed by atoms with van der Waals surface area (Å²) < 4.78 is 1.62. The van der Waals surface area contributed by atoms with Crippen molar-refractivity contribution in [2.45, 2.75) is 45.5 Å². The lowest BCUT2D eigenvalue weighted by Crippen LogP contribution is -2.59. The van der Waals surface area contributed by atoms with Gasteiger partial charge >= 0.3 is 0 Å². The van der Waals surface area contributed by atoms with Gasteiger partial charge in [-0.25, -0.2) is 4.68 Å². The molecule has 0 amide bonds. The van der Waals surface area contributed by atoms with Gasteiger partial charge in [-0.2, -0.15) is 0 Å². The Morgan fingerprint density at radius 3 is 2.94 bits per heavy atom. The lowest BCUT2D eigenvalue weighted by atomic mass is 9.64. The first-order valence-electron chi connectivity index (χ1n) is 5.95. The smallest absolute Gasteiger partial charge is 0.0964 e. The molecule has 1 saturated carbocycles. The average molecular weight is 240 g/mol. The molecule has 0 aromatic carbocycles. The zero-order valence-corrected chi connectivity index (χ0v) is 10.3. The van der Waals surface area contributed by atoms with Crippen molar-refractivity contribution in [3.63, 3.8) is 0 Å².